The minimum atomic E-state index is -4.89. The van der Waals surface area contributed by atoms with Gasteiger partial charge in [-0.1, -0.05) is 23.2 Å². The zero-order chi connectivity index (χ0) is 24.6. The van der Waals surface area contributed by atoms with E-state index in [9.17, 15) is 26.4 Å². The molecule has 0 bridgehead atoms. The summed E-state index contributed by atoms with van der Waals surface area (Å²) in [5.74, 6) is -0.748. The standard InChI is InChI=1S/C19H21Cl2F3N4O4S/c1-32-15-9-12(3-4-13(15)20)26-5-7-27(8-6-26)16(29)10-28-14(11-33(2,30)31)17(21)18(25-28)19(22,23)24/h3-4,9H,5-8,10-11H2,1-2H3. The molecule has 1 fully saturated rings. The fraction of sp³-hybridized carbons (Fsp3) is 0.474. The van der Waals surface area contributed by atoms with E-state index in [1.165, 1.54) is 12.0 Å². The van der Waals surface area contributed by atoms with Crippen LogP contribution in [0.15, 0.2) is 18.2 Å². The monoisotopic (exact) mass is 528 g/mol. The van der Waals surface area contributed by atoms with Gasteiger partial charge in [0.1, 0.15) is 12.3 Å². The van der Waals surface area contributed by atoms with Crippen LogP contribution < -0.4 is 9.64 Å². The molecule has 0 radical (unpaired) electrons. The van der Waals surface area contributed by atoms with E-state index in [-0.39, 0.29) is 5.69 Å². The molecule has 1 saturated heterocycles. The quantitative estimate of drug-likeness (QED) is 0.572. The van der Waals surface area contributed by atoms with Crippen molar-refractivity contribution in [3.05, 3.63) is 39.6 Å². The van der Waals surface area contributed by atoms with Crippen LogP contribution in [0.4, 0.5) is 18.9 Å². The van der Waals surface area contributed by atoms with Crippen LogP contribution in [0.5, 0.6) is 5.75 Å². The summed E-state index contributed by atoms with van der Waals surface area (Å²) in [7, 11) is -2.22. The van der Waals surface area contributed by atoms with Crippen LogP contribution in [-0.4, -0.2) is 68.5 Å². The number of carbonyl (C=O) groups excluding carboxylic acids is 1. The van der Waals surface area contributed by atoms with E-state index in [2.05, 4.69) is 5.10 Å². The van der Waals surface area contributed by atoms with Crippen LogP contribution in [-0.2, 0) is 33.1 Å². The lowest BCUT2D eigenvalue weighted by Crippen LogP contribution is -2.49. The molecule has 33 heavy (non-hydrogen) atoms. The molecule has 3 rings (SSSR count). The first-order valence-electron chi connectivity index (χ1n) is 9.66. The van der Waals surface area contributed by atoms with Gasteiger partial charge in [-0.3, -0.25) is 9.48 Å². The molecule has 14 heteroatoms. The summed E-state index contributed by atoms with van der Waals surface area (Å²) in [5.41, 5.74) is -0.934. The van der Waals surface area contributed by atoms with E-state index in [4.69, 9.17) is 27.9 Å². The summed E-state index contributed by atoms with van der Waals surface area (Å²) >= 11 is 11.8. The Hall–Kier alpha value is -2.18. The van der Waals surface area contributed by atoms with Gasteiger partial charge in [0.05, 0.1) is 28.6 Å². The lowest BCUT2D eigenvalue weighted by molar-refractivity contribution is -0.142. The first-order valence-corrected chi connectivity index (χ1v) is 12.5. The summed E-state index contributed by atoms with van der Waals surface area (Å²) in [6, 6.07) is 5.31. The molecule has 1 aromatic heterocycles. The second-order valence-electron chi connectivity index (χ2n) is 7.52. The van der Waals surface area contributed by atoms with E-state index in [0.717, 1.165) is 16.6 Å². The zero-order valence-corrected chi connectivity index (χ0v) is 20.0. The Morgan fingerprint density at radius 3 is 2.36 bits per heavy atom. The Bertz CT molecular complexity index is 1150. The Kier molecular flexibility index (Phi) is 7.39. The molecule has 0 atom stereocenters. The predicted molar refractivity (Wildman–Crippen MR) is 118 cm³/mol. The third-order valence-electron chi connectivity index (χ3n) is 5.08. The Morgan fingerprint density at radius 1 is 1.18 bits per heavy atom. The normalized spacial score (nSPS) is 15.1. The van der Waals surface area contributed by atoms with Gasteiger partial charge in [-0.05, 0) is 12.1 Å². The lowest BCUT2D eigenvalue weighted by atomic mass is 10.2. The Balaban J connectivity index is 1.73. The number of amides is 1. The molecule has 1 aromatic carbocycles. The van der Waals surface area contributed by atoms with E-state index >= 15 is 0 Å². The minimum Gasteiger partial charge on any atom is -0.495 e. The average molecular weight is 529 g/mol. The van der Waals surface area contributed by atoms with Gasteiger partial charge in [0.2, 0.25) is 5.91 Å². The van der Waals surface area contributed by atoms with E-state index in [0.29, 0.717) is 37.0 Å². The van der Waals surface area contributed by atoms with Gasteiger partial charge >= 0.3 is 6.18 Å². The molecule has 1 amide bonds. The third-order valence-corrected chi connectivity index (χ3v) is 6.59. The third kappa shape index (κ3) is 6.04. The first-order chi connectivity index (χ1) is 15.3. The molecular weight excluding hydrogens is 508 g/mol. The molecule has 0 unspecified atom stereocenters. The lowest BCUT2D eigenvalue weighted by Gasteiger charge is -2.36. The van der Waals surface area contributed by atoms with Crippen molar-refractivity contribution in [3.8, 4) is 5.75 Å². The van der Waals surface area contributed by atoms with Crippen molar-refractivity contribution < 1.29 is 31.1 Å². The molecule has 182 valence electrons. The second-order valence-corrected chi connectivity index (χ2v) is 10.4. The maximum absolute atomic E-state index is 13.2. The summed E-state index contributed by atoms with van der Waals surface area (Å²) in [5, 5.41) is 3.05. The Morgan fingerprint density at radius 2 is 1.82 bits per heavy atom. The number of nitrogens with zero attached hydrogens (tertiary/aromatic N) is 4. The van der Waals surface area contributed by atoms with Gasteiger partial charge in [0.25, 0.3) is 0 Å². The van der Waals surface area contributed by atoms with Crippen LogP contribution in [0, 0.1) is 0 Å². The molecule has 1 aliphatic rings. The second kappa shape index (κ2) is 9.59. The van der Waals surface area contributed by atoms with Gasteiger partial charge in [0, 0.05) is 44.2 Å². The topological polar surface area (TPSA) is 84.7 Å². The van der Waals surface area contributed by atoms with Crippen molar-refractivity contribution in [1.82, 2.24) is 14.7 Å². The minimum absolute atomic E-state index is 0.312. The number of ether oxygens (including phenoxy) is 1. The number of alkyl halides is 3. The molecule has 0 aliphatic carbocycles. The predicted octanol–water partition coefficient (Wildman–Crippen LogP) is 3.11. The van der Waals surface area contributed by atoms with Crippen molar-refractivity contribution in [2.75, 3.05) is 44.4 Å². The number of sulfone groups is 1. The average Bonchev–Trinajstić information content (AvgIpc) is 3.03. The number of anilines is 1. The van der Waals surface area contributed by atoms with Crippen LogP contribution in [0.2, 0.25) is 10.0 Å². The summed E-state index contributed by atoms with van der Waals surface area (Å²) in [6.45, 7) is 1.01. The largest absolute Gasteiger partial charge is 0.495 e. The molecule has 0 N–H and O–H groups in total. The number of benzene rings is 1. The molecule has 1 aliphatic heterocycles. The van der Waals surface area contributed by atoms with E-state index in [1.807, 2.05) is 11.0 Å². The number of rotatable bonds is 6. The van der Waals surface area contributed by atoms with E-state index < -0.39 is 44.9 Å². The van der Waals surface area contributed by atoms with Gasteiger partial charge in [-0.2, -0.15) is 18.3 Å². The number of carbonyl (C=O) groups is 1. The van der Waals surface area contributed by atoms with Gasteiger partial charge in [0.15, 0.2) is 15.5 Å². The van der Waals surface area contributed by atoms with Gasteiger partial charge in [-0.15, -0.1) is 0 Å². The number of aromatic nitrogens is 2. The number of piperazine rings is 1. The fourth-order valence-electron chi connectivity index (χ4n) is 3.46. The Labute approximate surface area is 198 Å². The van der Waals surface area contributed by atoms with Crippen molar-refractivity contribution in [2.45, 2.75) is 18.5 Å². The SMILES string of the molecule is COc1cc(N2CCN(C(=O)Cn3nc(C(F)(F)F)c(Cl)c3CS(C)(=O)=O)CC2)ccc1Cl. The van der Waals surface area contributed by atoms with Crippen LogP contribution in [0.1, 0.15) is 11.4 Å². The zero-order valence-electron chi connectivity index (χ0n) is 17.7. The summed E-state index contributed by atoms with van der Waals surface area (Å²) < 4.78 is 69.0. The number of halogens is 5. The smallest absolute Gasteiger partial charge is 0.436 e. The highest BCUT2D eigenvalue weighted by Crippen LogP contribution is 2.36. The highest BCUT2D eigenvalue weighted by atomic mass is 35.5. The maximum atomic E-state index is 13.2. The molecule has 2 aromatic rings. The molecule has 8 nitrogen and oxygen atoms in total. The van der Waals surface area contributed by atoms with Crippen molar-refractivity contribution in [2.24, 2.45) is 0 Å². The number of hydrogen-bond acceptors (Lipinski definition) is 6. The van der Waals surface area contributed by atoms with Crippen LogP contribution in [0.3, 0.4) is 0 Å². The van der Waals surface area contributed by atoms with E-state index in [1.54, 1.807) is 12.1 Å². The fourth-order valence-corrected chi connectivity index (χ4v) is 4.83. The summed E-state index contributed by atoms with van der Waals surface area (Å²) in [4.78, 5) is 16.3. The maximum Gasteiger partial charge on any atom is 0.436 e. The van der Waals surface area contributed by atoms with Crippen molar-refractivity contribution >= 4 is 44.6 Å². The van der Waals surface area contributed by atoms with Gasteiger partial charge < -0.3 is 14.5 Å². The summed E-state index contributed by atoms with van der Waals surface area (Å²) in [6.07, 6.45) is -4.02. The van der Waals surface area contributed by atoms with Crippen LogP contribution >= 0.6 is 23.2 Å². The number of methoxy groups -OCH3 is 1. The van der Waals surface area contributed by atoms with Crippen molar-refractivity contribution in [1.29, 1.82) is 0 Å². The molecular formula is C19H21Cl2F3N4O4S. The molecule has 0 spiro atoms. The van der Waals surface area contributed by atoms with Crippen LogP contribution in [0.25, 0.3) is 0 Å². The molecule has 0 saturated carbocycles. The first kappa shape index (κ1) is 25.4. The highest BCUT2D eigenvalue weighted by Gasteiger charge is 2.39. The van der Waals surface area contributed by atoms with Gasteiger partial charge in [-0.25, -0.2) is 8.42 Å². The van der Waals surface area contributed by atoms with Crippen molar-refractivity contribution in [3.63, 3.8) is 0 Å². The molecule has 2 heterocycles. The highest BCUT2D eigenvalue weighted by molar-refractivity contribution is 7.89. The number of hydrogen-bond donors (Lipinski definition) is 0.